The lowest BCUT2D eigenvalue weighted by atomic mass is 9.89. The molecule has 1 saturated heterocycles. The molecule has 6 aromatic rings. The number of nitro benzene ring substituents is 1. The number of carbonyl (C=O) groups excluding carboxylic acids is 4. The van der Waals surface area contributed by atoms with Crippen LogP contribution in [-0.2, 0) is 37.0 Å². The minimum absolute atomic E-state index is 0.0162. The highest BCUT2D eigenvalue weighted by atomic mass is 16.7. The first-order valence-electron chi connectivity index (χ1n) is 33.2. The van der Waals surface area contributed by atoms with Crippen LogP contribution >= 0.6 is 0 Å². The average molecular weight is 1400 g/mol. The summed E-state index contributed by atoms with van der Waals surface area (Å²) in [5, 5.41) is 91.6. The molecule has 102 heavy (non-hydrogen) atoms. The van der Waals surface area contributed by atoms with E-state index in [1.54, 1.807) is 41.2 Å². The van der Waals surface area contributed by atoms with Crippen molar-refractivity contribution in [1.82, 2.24) is 35.5 Å². The number of fused-ring (bicyclic) bond motifs is 2. The van der Waals surface area contributed by atoms with E-state index >= 15 is 0 Å². The van der Waals surface area contributed by atoms with Gasteiger partial charge in [-0.15, -0.1) is 15.3 Å². The maximum absolute atomic E-state index is 13.9. The second-order valence-electron chi connectivity index (χ2n) is 24.6. The number of amides is 3. The van der Waals surface area contributed by atoms with Crippen LogP contribution in [0.2, 0.25) is 0 Å². The Balaban J connectivity index is 0.674. The molecule has 3 amide bonds. The molecule has 5 aromatic carbocycles. The summed E-state index contributed by atoms with van der Waals surface area (Å²) >= 11 is 0. The van der Waals surface area contributed by atoms with Crippen LogP contribution in [0.3, 0.4) is 0 Å². The van der Waals surface area contributed by atoms with Crippen LogP contribution in [0.25, 0.3) is 33.4 Å². The van der Waals surface area contributed by atoms with E-state index < -0.39 is 59.5 Å². The van der Waals surface area contributed by atoms with Crippen molar-refractivity contribution in [3.05, 3.63) is 154 Å². The van der Waals surface area contributed by atoms with Crippen LogP contribution in [0.5, 0.6) is 11.5 Å². The number of aryl methyl sites for hydroxylation is 1. The van der Waals surface area contributed by atoms with Crippen molar-refractivity contribution < 1.29 is 72.6 Å². The first kappa shape index (κ1) is 75.5. The Labute approximate surface area is 587 Å². The number of aromatic carboxylic acids is 1. The minimum atomic E-state index is -1.60. The number of anilines is 2. The number of benzene rings is 6. The van der Waals surface area contributed by atoms with Crippen molar-refractivity contribution in [2.24, 2.45) is 26.2 Å². The van der Waals surface area contributed by atoms with Gasteiger partial charge in [-0.25, -0.2) is 4.58 Å². The third kappa shape index (κ3) is 19.9. The van der Waals surface area contributed by atoms with Gasteiger partial charge in [0.1, 0.15) is 84.5 Å². The van der Waals surface area contributed by atoms with Gasteiger partial charge in [0.05, 0.1) is 68.6 Å². The largest absolute Gasteiger partial charge is 0.545 e. The summed E-state index contributed by atoms with van der Waals surface area (Å²) in [6, 6.07) is 30.9. The molecule has 0 saturated carbocycles. The Morgan fingerprint density at radius 1 is 0.765 bits per heavy atom. The second kappa shape index (κ2) is 36.1. The molecule has 0 bridgehead atoms. The number of unbranched alkanes of at least 4 members (excludes halogenated alkanes) is 1. The smallest absolute Gasteiger partial charge is 0.269 e. The molecule has 31 nitrogen and oxygen atoms in total. The van der Waals surface area contributed by atoms with Gasteiger partial charge in [0.2, 0.25) is 17.2 Å². The molecule has 1 aromatic heterocycles. The quantitative estimate of drug-likeness (QED) is 0.00579. The first-order chi connectivity index (χ1) is 49.1. The van der Waals surface area contributed by atoms with Gasteiger partial charge in [0.15, 0.2) is 6.29 Å². The molecule has 0 unspecified atom stereocenters. The van der Waals surface area contributed by atoms with Crippen molar-refractivity contribution >= 4 is 74.5 Å². The van der Waals surface area contributed by atoms with E-state index in [1.165, 1.54) is 50.6 Å². The number of aromatic nitrogens is 3. The number of non-ortho nitro benzene ring substituents is 1. The fourth-order valence-electron chi connectivity index (χ4n) is 11.2. The molecule has 0 radical (unpaired) electrons. The van der Waals surface area contributed by atoms with Gasteiger partial charge in [0.25, 0.3) is 11.6 Å². The summed E-state index contributed by atoms with van der Waals surface area (Å²) in [5.41, 5.74) is 11.5. The van der Waals surface area contributed by atoms with Crippen LogP contribution < -0.4 is 56.0 Å². The number of hydrogen-bond acceptors (Lipinski definition) is 25. The van der Waals surface area contributed by atoms with E-state index in [4.69, 9.17) is 33.8 Å². The van der Waals surface area contributed by atoms with Crippen molar-refractivity contribution in [2.45, 2.75) is 94.8 Å². The molecule has 540 valence electrons. The number of aliphatic hydroxyl groups excluding tert-OH is 3. The summed E-state index contributed by atoms with van der Waals surface area (Å²) < 4.78 is 38.3. The molecule has 31 heteroatoms. The van der Waals surface area contributed by atoms with Gasteiger partial charge in [-0.2, -0.15) is 10.2 Å². The van der Waals surface area contributed by atoms with Gasteiger partial charge in [-0.3, -0.25) is 29.2 Å². The Morgan fingerprint density at radius 2 is 1.44 bits per heavy atom. The van der Waals surface area contributed by atoms with Crippen molar-refractivity contribution in [3.8, 4) is 33.9 Å². The number of azo groups is 2. The lowest BCUT2D eigenvalue weighted by Crippen LogP contribution is -2.59. The molecule has 1 fully saturated rings. The zero-order chi connectivity index (χ0) is 73.0. The third-order valence-corrected chi connectivity index (χ3v) is 16.9. The van der Waals surface area contributed by atoms with E-state index in [0.717, 1.165) is 16.7 Å². The van der Waals surface area contributed by atoms with Crippen LogP contribution in [0.1, 0.15) is 71.4 Å². The highest BCUT2D eigenvalue weighted by Gasteiger charge is 2.44. The predicted octanol–water partition coefficient (Wildman–Crippen LogP) is 6.21. The van der Waals surface area contributed by atoms with Crippen LogP contribution in [0.15, 0.2) is 146 Å². The standard InChI is InChI=1S/C71H85N15O16/c1-82(2)49-24-27-52-58(36-49)101-59-37-50(83(3)4)25-28-53(59)64(52)51-26-15-43(35-54(51)70(93)94)68(91)75-55(13-8-9-29-72)69(92)74-30-11-33-85-40-46(78-81-85)41-99-42-62-65(88)66(89)67(90)71(102-62)100-34-12-31-73-63(87)14-10-32-84(5)47-20-16-44(17-21-47)76-79-56-38-61(98-7)57(39-60(56)97-6)80-77-45-18-22-48(23-19-45)86(95)96/h15-28,35-40,55,62,65-67,71,88-90H,8-14,29-34,41-42,72H2,1-7H3,(H3-,73,74,75,87,91,92,93,94)/t55-,62-,65-,66+,67-,71-/m1/s1. The Hall–Kier alpha value is -10.7. The normalized spacial score (nSPS) is 16.3. The molecule has 6 atom stereocenters. The molecule has 1 aliphatic carbocycles. The average Bonchev–Trinajstić information content (AvgIpc) is 0.889. The highest BCUT2D eigenvalue weighted by Crippen LogP contribution is 2.44. The molecule has 3 heterocycles. The van der Waals surface area contributed by atoms with Gasteiger partial charge in [0, 0.05) is 129 Å². The number of nitrogens with two attached hydrogens (primary N) is 1. The number of nitrogens with one attached hydrogen (secondary N) is 3. The van der Waals surface area contributed by atoms with E-state index in [2.05, 4.69) is 46.7 Å². The number of nitrogens with zero attached hydrogens (tertiary/aromatic N) is 11. The predicted molar refractivity (Wildman–Crippen MR) is 376 cm³/mol. The van der Waals surface area contributed by atoms with Gasteiger partial charge >= 0.3 is 0 Å². The zero-order valence-corrected chi connectivity index (χ0v) is 57.8. The zero-order valence-electron chi connectivity index (χ0n) is 57.8. The lowest BCUT2D eigenvalue weighted by Gasteiger charge is -2.40. The Kier molecular flexibility index (Phi) is 26.7. The molecular formula is C71H85N15O16. The first-order valence-corrected chi connectivity index (χ1v) is 33.2. The fourth-order valence-corrected chi connectivity index (χ4v) is 11.2. The highest BCUT2D eigenvalue weighted by molar-refractivity contribution is 6.09. The number of hydrogen-bond donors (Lipinski definition) is 7. The fraction of sp³-hybridized carbons (Fsp3) is 0.394. The van der Waals surface area contributed by atoms with E-state index in [0.29, 0.717) is 125 Å². The molecule has 3 aliphatic rings. The number of carboxylic acids is 1. The van der Waals surface area contributed by atoms with Crippen LogP contribution in [0, 0.1) is 10.1 Å². The molecule has 8 N–H and O–H groups in total. The summed E-state index contributed by atoms with van der Waals surface area (Å²) in [6.07, 6.45) is -2.41. The number of rotatable bonds is 35. The second-order valence-corrected chi connectivity index (χ2v) is 24.6. The van der Waals surface area contributed by atoms with Crippen molar-refractivity contribution in [3.63, 3.8) is 0 Å². The summed E-state index contributed by atoms with van der Waals surface area (Å²) in [7, 11) is 12.5. The maximum Gasteiger partial charge on any atom is 0.269 e. The Morgan fingerprint density at radius 3 is 2.10 bits per heavy atom. The SMILES string of the molecule is COc1cc(N=Nc2ccc([N+](=O)[O-])cc2)c(OC)cc1N=Nc1ccc(N(C)CCCC(=O)NCCCO[C@@H]2O[C@H](COCc3cn(CCCNC(=O)[C@@H](CCCCN)NC(=O)c4ccc(-c5c6ccc(=[N+](C)C)cc-6oc6cc(N(C)C)ccc56)c(C(=O)[O-])c4)nn3)[C@@H](O)[C@H](O)[C@H]2O)cc1. The van der Waals surface area contributed by atoms with E-state index in [1.807, 2.05) is 98.1 Å². The number of ether oxygens (including phenoxy) is 5. The van der Waals surface area contributed by atoms with Crippen molar-refractivity contribution in [1.29, 1.82) is 0 Å². The monoisotopic (exact) mass is 1400 g/mol. The van der Waals surface area contributed by atoms with E-state index in [9.17, 15) is 49.7 Å². The number of carbonyl (C=O) groups is 4. The summed E-state index contributed by atoms with van der Waals surface area (Å²) in [5.74, 6) is -1.52. The minimum Gasteiger partial charge on any atom is -0.545 e. The van der Waals surface area contributed by atoms with Crippen LogP contribution in [-0.4, -0.2) is 185 Å². The third-order valence-electron chi connectivity index (χ3n) is 16.9. The Bertz CT molecular complexity index is 4310. The number of aliphatic hydroxyl groups is 3. The van der Waals surface area contributed by atoms with Gasteiger partial charge < -0.3 is 84.8 Å². The molecular weight excluding hydrogens is 1320 g/mol. The molecule has 0 spiro atoms. The van der Waals surface area contributed by atoms with Crippen LogP contribution in [0.4, 0.5) is 39.8 Å². The molecule has 2 aliphatic heterocycles. The van der Waals surface area contributed by atoms with Gasteiger partial charge in [-0.1, -0.05) is 11.3 Å². The number of carboxylic acid groups (broad SMARTS) is 1. The molecule has 9 rings (SSSR count). The number of methoxy groups -OCH3 is 2. The summed E-state index contributed by atoms with van der Waals surface area (Å²) in [6.45, 7) is 1.58. The van der Waals surface area contributed by atoms with Gasteiger partial charge in [-0.05, 0) is 117 Å². The maximum atomic E-state index is 13.9. The summed E-state index contributed by atoms with van der Waals surface area (Å²) in [4.78, 5) is 67.8. The lowest BCUT2D eigenvalue weighted by molar-refractivity contribution is -0.384. The topological polar surface area (TPSA) is 406 Å². The van der Waals surface area contributed by atoms with E-state index in [-0.39, 0.29) is 68.5 Å². The van der Waals surface area contributed by atoms with Crippen molar-refractivity contribution in [2.75, 3.05) is 98.7 Å². The number of nitro groups is 1.